The van der Waals surface area contributed by atoms with Crippen molar-refractivity contribution >= 4 is 18.2 Å². The summed E-state index contributed by atoms with van der Waals surface area (Å²) in [7, 11) is 0. The Morgan fingerprint density at radius 1 is 1.11 bits per heavy atom. The van der Waals surface area contributed by atoms with Gasteiger partial charge in [-0.1, -0.05) is 19.4 Å². The molecule has 0 saturated heterocycles. The zero-order valence-corrected chi connectivity index (χ0v) is 23.4. The van der Waals surface area contributed by atoms with E-state index in [1.54, 1.807) is 64.8 Å². The van der Waals surface area contributed by atoms with E-state index in [4.69, 9.17) is 9.47 Å². The summed E-state index contributed by atoms with van der Waals surface area (Å²) in [4.78, 5) is 48.3. The van der Waals surface area contributed by atoms with Gasteiger partial charge >= 0.3 is 18.2 Å². The Morgan fingerprint density at radius 3 is 2.24 bits per heavy atom. The number of aromatic nitrogens is 3. The van der Waals surface area contributed by atoms with E-state index in [2.05, 4.69) is 9.97 Å². The lowest BCUT2D eigenvalue weighted by atomic mass is 9.91. The third-order valence-electron chi connectivity index (χ3n) is 6.42. The molecule has 0 unspecified atom stereocenters. The number of carbonyl (C=O) groups is 3. The summed E-state index contributed by atoms with van der Waals surface area (Å²) in [6.07, 6.45) is 5.87. The topological polar surface area (TPSA) is 124 Å². The third kappa shape index (κ3) is 7.11. The highest BCUT2D eigenvalue weighted by atomic mass is 16.6. The number of carbonyl (C=O) groups excluding carboxylic acids is 2. The maximum Gasteiger partial charge on any atom is 0.419 e. The molecule has 0 spiro atoms. The molecular weight excluding hydrogens is 488 g/mol. The average molecular weight is 529 g/mol. The molecule has 2 amide bonds. The van der Waals surface area contributed by atoms with E-state index in [-0.39, 0.29) is 18.4 Å². The van der Waals surface area contributed by atoms with Gasteiger partial charge in [0.2, 0.25) is 0 Å². The molecule has 1 fully saturated rings. The van der Waals surface area contributed by atoms with Crippen LogP contribution < -0.4 is 0 Å². The van der Waals surface area contributed by atoms with Crippen LogP contribution in [0.15, 0.2) is 36.9 Å². The molecule has 0 bridgehead atoms. The van der Waals surface area contributed by atoms with E-state index in [0.717, 1.165) is 11.3 Å². The number of amides is 2. The Labute approximate surface area is 224 Å². The zero-order valence-electron chi connectivity index (χ0n) is 23.4. The Kier molecular flexibility index (Phi) is 8.53. The molecule has 2 aromatic heterocycles. The number of imidazole rings is 1. The summed E-state index contributed by atoms with van der Waals surface area (Å²) in [5.74, 6) is -0.606. The van der Waals surface area contributed by atoms with Gasteiger partial charge < -0.3 is 14.6 Å². The molecule has 2 aromatic rings. The standard InChI is InChI=1S/C28H40N4O6/c1-8-11-19(16-32(24(35)37-26(2,3)4)25(36)38-27(5,6)7)14-20-15-28(20,23(33)34)21-17-31(18-30-21)22-12-9-10-13-29-22/h9-10,12-13,17-20H,8,11,14-16H2,1-7H3,(H,33,34)/t19-,20+,28-/m1/s1. The lowest BCUT2D eigenvalue weighted by molar-refractivity contribution is -0.140. The van der Waals surface area contributed by atoms with Gasteiger partial charge in [-0.05, 0) is 84.8 Å². The number of carboxylic acids is 1. The first-order valence-electron chi connectivity index (χ1n) is 13.1. The molecule has 208 valence electrons. The second kappa shape index (κ2) is 11.1. The van der Waals surface area contributed by atoms with Crippen molar-refractivity contribution in [2.24, 2.45) is 11.8 Å². The number of pyridine rings is 1. The van der Waals surface area contributed by atoms with Crippen LogP contribution >= 0.6 is 0 Å². The van der Waals surface area contributed by atoms with Gasteiger partial charge in [0.05, 0.1) is 5.69 Å². The van der Waals surface area contributed by atoms with Crippen molar-refractivity contribution in [2.45, 2.75) is 90.8 Å². The number of aliphatic carboxylic acids is 1. The van der Waals surface area contributed by atoms with E-state index in [1.807, 2.05) is 25.1 Å². The monoisotopic (exact) mass is 528 g/mol. The first-order valence-corrected chi connectivity index (χ1v) is 13.1. The summed E-state index contributed by atoms with van der Waals surface area (Å²) in [6.45, 7) is 12.5. The van der Waals surface area contributed by atoms with Gasteiger partial charge in [-0.25, -0.2) is 24.5 Å². The summed E-state index contributed by atoms with van der Waals surface area (Å²) in [6, 6.07) is 5.48. The van der Waals surface area contributed by atoms with Gasteiger partial charge in [0.1, 0.15) is 28.8 Å². The molecule has 0 aromatic carbocycles. The highest BCUT2D eigenvalue weighted by Crippen LogP contribution is 2.57. The molecule has 3 rings (SSSR count). The number of ether oxygens (including phenoxy) is 2. The molecule has 0 radical (unpaired) electrons. The summed E-state index contributed by atoms with van der Waals surface area (Å²) < 4.78 is 12.7. The Bertz CT molecular complexity index is 1110. The highest BCUT2D eigenvalue weighted by molar-refractivity contribution is 5.88. The molecule has 1 aliphatic rings. The quantitative estimate of drug-likeness (QED) is 0.447. The maximum atomic E-state index is 13.0. The van der Waals surface area contributed by atoms with Crippen molar-refractivity contribution in [1.82, 2.24) is 19.4 Å². The summed E-state index contributed by atoms with van der Waals surface area (Å²) in [5.41, 5.74) is -2.22. The number of rotatable bonds is 9. The number of imide groups is 1. The van der Waals surface area contributed by atoms with Crippen molar-refractivity contribution in [3.8, 4) is 5.82 Å². The van der Waals surface area contributed by atoms with Crippen LogP contribution in [0.3, 0.4) is 0 Å². The van der Waals surface area contributed by atoms with Gasteiger partial charge in [0, 0.05) is 18.9 Å². The minimum Gasteiger partial charge on any atom is -0.481 e. The molecule has 1 N–H and O–H groups in total. The van der Waals surface area contributed by atoms with E-state index in [1.165, 1.54) is 0 Å². The van der Waals surface area contributed by atoms with Crippen LogP contribution in [0.5, 0.6) is 0 Å². The third-order valence-corrected chi connectivity index (χ3v) is 6.42. The molecule has 10 heteroatoms. The van der Waals surface area contributed by atoms with Gasteiger partial charge in [-0.15, -0.1) is 0 Å². The van der Waals surface area contributed by atoms with Crippen molar-refractivity contribution in [3.63, 3.8) is 0 Å². The first kappa shape index (κ1) is 29.1. The second-order valence-electron chi connectivity index (χ2n) is 12.0. The van der Waals surface area contributed by atoms with E-state index < -0.39 is 34.8 Å². The molecule has 1 saturated carbocycles. The van der Waals surface area contributed by atoms with Crippen LogP contribution in [0.2, 0.25) is 0 Å². The minimum atomic E-state index is -1.12. The van der Waals surface area contributed by atoms with Crippen molar-refractivity contribution in [3.05, 3.63) is 42.6 Å². The Hall–Kier alpha value is -3.43. The van der Waals surface area contributed by atoms with Crippen LogP contribution in [0.1, 0.15) is 79.8 Å². The van der Waals surface area contributed by atoms with Gasteiger partial charge in [0.15, 0.2) is 0 Å². The fraction of sp³-hybridized carbons (Fsp3) is 0.607. The molecule has 38 heavy (non-hydrogen) atoms. The molecule has 1 aliphatic carbocycles. The predicted molar refractivity (Wildman–Crippen MR) is 141 cm³/mol. The molecule has 0 aliphatic heterocycles. The van der Waals surface area contributed by atoms with Gasteiger partial charge in [-0.2, -0.15) is 0 Å². The Morgan fingerprint density at radius 2 is 1.74 bits per heavy atom. The second-order valence-corrected chi connectivity index (χ2v) is 12.0. The molecule has 10 nitrogen and oxygen atoms in total. The summed E-state index contributed by atoms with van der Waals surface area (Å²) in [5, 5.41) is 10.2. The van der Waals surface area contributed by atoms with Crippen LogP contribution in [-0.4, -0.2) is 60.4 Å². The van der Waals surface area contributed by atoms with Gasteiger partial charge in [-0.3, -0.25) is 9.36 Å². The van der Waals surface area contributed by atoms with E-state index in [0.29, 0.717) is 30.8 Å². The smallest absolute Gasteiger partial charge is 0.419 e. The maximum absolute atomic E-state index is 13.0. The lowest BCUT2D eigenvalue weighted by Crippen LogP contribution is -2.45. The lowest BCUT2D eigenvalue weighted by Gasteiger charge is -2.31. The molecule has 2 heterocycles. The van der Waals surface area contributed by atoms with E-state index >= 15 is 0 Å². The predicted octanol–water partition coefficient (Wildman–Crippen LogP) is 5.59. The number of nitrogens with zero attached hydrogens (tertiary/aromatic N) is 4. The van der Waals surface area contributed by atoms with Crippen LogP contribution in [0.25, 0.3) is 5.82 Å². The molecule has 3 atom stereocenters. The fourth-order valence-electron chi connectivity index (χ4n) is 4.69. The van der Waals surface area contributed by atoms with Crippen molar-refractivity contribution < 1.29 is 29.0 Å². The van der Waals surface area contributed by atoms with Crippen LogP contribution in [0, 0.1) is 11.8 Å². The van der Waals surface area contributed by atoms with Crippen molar-refractivity contribution in [1.29, 1.82) is 0 Å². The van der Waals surface area contributed by atoms with E-state index in [9.17, 15) is 19.5 Å². The van der Waals surface area contributed by atoms with Gasteiger partial charge in [0.25, 0.3) is 0 Å². The summed E-state index contributed by atoms with van der Waals surface area (Å²) >= 11 is 0. The zero-order chi connectivity index (χ0) is 28.3. The number of hydrogen-bond donors (Lipinski definition) is 1. The van der Waals surface area contributed by atoms with Crippen molar-refractivity contribution in [2.75, 3.05) is 6.54 Å². The van der Waals surface area contributed by atoms with Crippen LogP contribution in [-0.2, 0) is 19.7 Å². The van der Waals surface area contributed by atoms with Crippen LogP contribution in [0.4, 0.5) is 9.59 Å². The fourth-order valence-corrected chi connectivity index (χ4v) is 4.69. The SMILES string of the molecule is CCC[C@H](C[C@H]1C[C@]1(C(=O)O)c1cn(-c2ccccn2)cn1)CN(C(=O)OC(C)(C)C)C(=O)OC(C)(C)C. The number of hydrogen-bond acceptors (Lipinski definition) is 7. The number of carboxylic acid groups (broad SMARTS) is 1. The average Bonchev–Trinajstić information content (AvgIpc) is 3.30. The largest absolute Gasteiger partial charge is 0.481 e. The minimum absolute atomic E-state index is 0.0756. The first-order chi connectivity index (χ1) is 17.7. The Balaban J connectivity index is 1.81. The highest BCUT2D eigenvalue weighted by Gasteiger charge is 2.63. The molecular formula is C28H40N4O6. The normalized spacial score (nSPS) is 19.9.